The number of oxime groups is 1. The molecule has 3 nitrogen and oxygen atoms in total. The first-order valence-corrected chi connectivity index (χ1v) is 4.90. The second-order valence-corrected chi connectivity index (χ2v) is 3.48. The zero-order valence-corrected chi connectivity index (χ0v) is 8.34. The summed E-state index contributed by atoms with van der Waals surface area (Å²) < 4.78 is 0. The van der Waals surface area contributed by atoms with Gasteiger partial charge in [-0.3, -0.25) is 0 Å². The number of nitrogens with zero attached hydrogens (tertiary/aromatic N) is 1. The molecule has 0 saturated heterocycles. The average molecular weight is 203 g/mol. The van der Waals surface area contributed by atoms with Crippen LogP contribution in [0.2, 0.25) is 0 Å². The summed E-state index contributed by atoms with van der Waals surface area (Å²) in [5, 5.41) is 13.5. The Labute approximate surface area is 88.7 Å². The van der Waals surface area contributed by atoms with E-state index in [0.717, 1.165) is 11.3 Å². The van der Waals surface area contributed by atoms with E-state index < -0.39 is 6.10 Å². The summed E-state index contributed by atoms with van der Waals surface area (Å²) in [7, 11) is 0. The van der Waals surface area contributed by atoms with Gasteiger partial charge in [0.05, 0.1) is 5.71 Å². The van der Waals surface area contributed by atoms with Gasteiger partial charge in [0.15, 0.2) is 6.10 Å². The molecular formula is C12H13NO2. The highest BCUT2D eigenvalue weighted by Gasteiger charge is 2.26. The molecule has 0 spiro atoms. The topological polar surface area (TPSA) is 41.8 Å². The lowest BCUT2D eigenvalue weighted by atomic mass is 10.0. The number of aliphatic hydroxyl groups is 1. The summed E-state index contributed by atoms with van der Waals surface area (Å²) in [6, 6.07) is 9.82. The van der Waals surface area contributed by atoms with E-state index in [2.05, 4.69) is 11.7 Å². The Kier molecular flexibility index (Phi) is 2.83. The third kappa shape index (κ3) is 2.07. The van der Waals surface area contributed by atoms with Crippen LogP contribution < -0.4 is 0 Å². The maximum atomic E-state index is 9.51. The Hall–Kier alpha value is -1.61. The van der Waals surface area contributed by atoms with Crippen molar-refractivity contribution in [2.24, 2.45) is 5.16 Å². The van der Waals surface area contributed by atoms with Crippen molar-refractivity contribution in [2.45, 2.75) is 18.6 Å². The highest BCUT2D eigenvalue weighted by atomic mass is 16.6. The number of rotatable bonds is 3. The summed E-state index contributed by atoms with van der Waals surface area (Å²) in [5.74, 6) is 0. The number of hydrogen-bond donors (Lipinski definition) is 1. The van der Waals surface area contributed by atoms with Gasteiger partial charge < -0.3 is 9.94 Å². The van der Waals surface area contributed by atoms with Gasteiger partial charge in [-0.1, -0.05) is 41.6 Å². The van der Waals surface area contributed by atoms with Crippen molar-refractivity contribution in [3.63, 3.8) is 0 Å². The lowest BCUT2D eigenvalue weighted by Crippen LogP contribution is -2.23. The molecule has 1 N–H and O–H groups in total. The molecule has 0 fully saturated rings. The van der Waals surface area contributed by atoms with Crippen LogP contribution in [0, 0.1) is 0 Å². The number of hydrogen-bond acceptors (Lipinski definition) is 3. The molecule has 0 saturated carbocycles. The first kappa shape index (κ1) is 9.93. The fourth-order valence-corrected chi connectivity index (χ4v) is 1.53. The van der Waals surface area contributed by atoms with Crippen LogP contribution in [0.15, 0.2) is 48.1 Å². The van der Waals surface area contributed by atoms with Crippen molar-refractivity contribution >= 4 is 5.71 Å². The fraction of sp³-hybridized carbons (Fsp3) is 0.250. The highest BCUT2D eigenvalue weighted by molar-refractivity contribution is 6.01. The van der Waals surface area contributed by atoms with E-state index in [0.29, 0.717) is 6.42 Å². The van der Waals surface area contributed by atoms with Crippen LogP contribution in [0.3, 0.4) is 0 Å². The van der Waals surface area contributed by atoms with Gasteiger partial charge in [0, 0.05) is 6.42 Å². The second-order valence-electron chi connectivity index (χ2n) is 3.48. The molecule has 3 heteroatoms. The first-order chi connectivity index (χ1) is 7.31. The normalized spacial score (nSPS) is 21.7. The van der Waals surface area contributed by atoms with Crippen molar-refractivity contribution in [3.8, 4) is 0 Å². The van der Waals surface area contributed by atoms with Gasteiger partial charge in [-0.05, 0) is 5.56 Å². The molecule has 2 atom stereocenters. The highest BCUT2D eigenvalue weighted by Crippen LogP contribution is 2.19. The third-order valence-corrected chi connectivity index (χ3v) is 2.42. The average Bonchev–Trinajstić information content (AvgIpc) is 2.78. The van der Waals surface area contributed by atoms with Crippen LogP contribution in [-0.2, 0) is 4.84 Å². The standard InChI is InChI=1S/C12H13NO2/c1-2-11(14)12-8-10(13-15-12)9-6-4-3-5-7-9/h2-7,11-12,14H,1,8H2/t11-,12-/m1/s1. The van der Waals surface area contributed by atoms with Gasteiger partial charge in [0.25, 0.3) is 0 Å². The molecular weight excluding hydrogens is 190 g/mol. The minimum atomic E-state index is -0.657. The Morgan fingerprint density at radius 3 is 2.87 bits per heavy atom. The summed E-state index contributed by atoms with van der Waals surface area (Å²) in [4.78, 5) is 5.14. The maximum absolute atomic E-state index is 9.51. The van der Waals surface area contributed by atoms with E-state index in [4.69, 9.17) is 4.84 Å². The van der Waals surface area contributed by atoms with Gasteiger partial charge in [0.1, 0.15) is 6.10 Å². The SMILES string of the molecule is C=C[C@@H](O)[C@H]1CC(c2ccccc2)=NO1. The van der Waals surface area contributed by atoms with E-state index in [9.17, 15) is 5.11 Å². The maximum Gasteiger partial charge on any atom is 0.162 e. The number of aliphatic hydroxyl groups excluding tert-OH is 1. The zero-order valence-electron chi connectivity index (χ0n) is 8.34. The molecule has 0 aliphatic carbocycles. The first-order valence-electron chi connectivity index (χ1n) is 4.90. The Balaban J connectivity index is 2.07. The van der Waals surface area contributed by atoms with E-state index in [-0.39, 0.29) is 6.10 Å². The largest absolute Gasteiger partial charge is 0.389 e. The smallest absolute Gasteiger partial charge is 0.162 e. The van der Waals surface area contributed by atoms with Crippen LogP contribution in [-0.4, -0.2) is 23.0 Å². The zero-order chi connectivity index (χ0) is 10.7. The summed E-state index contributed by atoms with van der Waals surface area (Å²) in [5.41, 5.74) is 1.91. The van der Waals surface area contributed by atoms with Gasteiger partial charge in [-0.15, -0.1) is 6.58 Å². The van der Waals surface area contributed by atoms with Crippen molar-refractivity contribution < 1.29 is 9.94 Å². The minimum Gasteiger partial charge on any atom is -0.389 e. The summed E-state index contributed by atoms with van der Waals surface area (Å²) in [6.07, 6.45) is 1.14. The summed E-state index contributed by atoms with van der Waals surface area (Å²) >= 11 is 0. The van der Waals surface area contributed by atoms with Crippen molar-refractivity contribution in [3.05, 3.63) is 48.6 Å². The van der Waals surface area contributed by atoms with Gasteiger partial charge >= 0.3 is 0 Å². The predicted octanol–water partition coefficient (Wildman–Crippen LogP) is 1.73. The van der Waals surface area contributed by atoms with Crippen molar-refractivity contribution in [1.82, 2.24) is 0 Å². The van der Waals surface area contributed by atoms with Crippen LogP contribution in [0.1, 0.15) is 12.0 Å². The molecule has 2 rings (SSSR count). The molecule has 1 aliphatic heterocycles. The van der Waals surface area contributed by atoms with Gasteiger partial charge in [-0.2, -0.15) is 0 Å². The van der Waals surface area contributed by atoms with Crippen LogP contribution in [0.4, 0.5) is 0 Å². The molecule has 0 bridgehead atoms. The molecule has 1 heterocycles. The van der Waals surface area contributed by atoms with E-state index in [1.807, 2.05) is 30.3 Å². The molecule has 0 aromatic heterocycles. The van der Waals surface area contributed by atoms with E-state index in [1.54, 1.807) is 0 Å². The second kappa shape index (κ2) is 4.28. The number of benzene rings is 1. The van der Waals surface area contributed by atoms with Gasteiger partial charge in [-0.25, -0.2) is 0 Å². The quantitative estimate of drug-likeness (QED) is 0.760. The molecule has 0 amide bonds. The Morgan fingerprint density at radius 1 is 1.47 bits per heavy atom. The van der Waals surface area contributed by atoms with Crippen molar-refractivity contribution in [2.75, 3.05) is 0 Å². The molecule has 1 aromatic rings. The lowest BCUT2D eigenvalue weighted by molar-refractivity contribution is 0.00545. The van der Waals surface area contributed by atoms with Crippen LogP contribution in [0.5, 0.6) is 0 Å². The van der Waals surface area contributed by atoms with Crippen LogP contribution >= 0.6 is 0 Å². The van der Waals surface area contributed by atoms with Crippen molar-refractivity contribution in [1.29, 1.82) is 0 Å². The molecule has 15 heavy (non-hydrogen) atoms. The molecule has 1 aliphatic rings. The lowest BCUT2D eigenvalue weighted by Gasteiger charge is -2.10. The Bertz CT molecular complexity index is 372. The molecule has 1 aromatic carbocycles. The van der Waals surface area contributed by atoms with E-state index in [1.165, 1.54) is 6.08 Å². The Morgan fingerprint density at radius 2 is 2.20 bits per heavy atom. The minimum absolute atomic E-state index is 0.294. The monoisotopic (exact) mass is 203 g/mol. The predicted molar refractivity (Wildman–Crippen MR) is 58.7 cm³/mol. The molecule has 0 unspecified atom stereocenters. The van der Waals surface area contributed by atoms with E-state index >= 15 is 0 Å². The molecule has 0 radical (unpaired) electrons. The third-order valence-electron chi connectivity index (χ3n) is 2.42. The van der Waals surface area contributed by atoms with Crippen LogP contribution in [0.25, 0.3) is 0 Å². The summed E-state index contributed by atoms with van der Waals surface area (Å²) in [6.45, 7) is 3.52. The van der Waals surface area contributed by atoms with Gasteiger partial charge in [0.2, 0.25) is 0 Å². The molecule has 78 valence electrons. The fourth-order valence-electron chi connectivity index (χ4n) is 1.53.